The molecule has 0 heterocycles. The predicted molar refractivity (Wildman–Crippen MR) is 43.4 cm³/mol. The number of aliphatic hydroxyl groups excluding tert-OH is 1. The Morgan fingerprint density at radius 2 is 2.09 bits per heavy atom. The van der Waals surface area contributed by atoms with Crippen LogP contribution in [0.1, 0.15) is 0 Å². The normalized spacial score (nSPS) is 12.6. The summed E-state index contributed by atoms with van der Waals surface area (Å²) in [6.07, 6.45) is -1.07. The van der Waals surface area contributed by atoms with Gasteiger partial charge in [0.1, 0.15) is 5.75 Å². The summed E-state index contributed by atoms with van der Waals surface area (Å²) in [6.45, 7) is 3.25. The standard InChI is InChI=1S/C8H8ClO2/c1-6(10)11-8-5-3-2-4-7(8)9/h2-6,10H,1H2. The van der Waals surface area contributed by atoms with E-state index in [1.54, 1.807) is 24.3 Å². The average molecular weight is 172 g/mol. The lowest BCUT2D eigenvalue weighted by Gasteiger charge is -2.08. The van der Waals surface area contributed by atoms with Crippen molar-refractivity contribution in [2.45, 2.75) is 6.29 Å². The second kappa shape index (κ2) is 3.60. The van der Waals surface area contributed by atoms with Crippen molar-refractivity contribution in [1.29, 1.82) is 0 Å². The summed E-state index contributed by atoms with van der Waals surface area (Å²) in [6, 6.07) is 6.89. The van der Waals surface area contributed by atoms with Gasteiger partial charge in [0.2, 0.25) is 0 Å². The van der Waals surface area contributed by atoms with E-state index in [-0.39, 0.29) is 0 Å². The lowest BCUT2D eigenvalue weighted by molar-refractivity contribution is 0.0223. The number of hydrogen-bond donors (Lipinski definition) is 1. The van der Waals surface area contributed by atoms with Crippen molar-refractivity contribution >= 4 is 11.6 Å². The molecular formula is C8H8ClO2. The predicted octanol–water partition coefficient (Wildman–Crippen LogP) is 1.87. The first kappa shape index (κ1) is 8.37. The van der Waals surface area contributed by atoms with Gasteiger partial charge in [0.25, 0.3) is 0 Å². The molecule has 0 aromatic heterocycles. The van der Waals surface area contributed by atoms with Crippen molar-refractivity contribution in [3.8, 4) is 5.75 Å². The highest BCUT2D eigenvalue weighted by Crippen LogP contribution is 2.23. The molecule has 0 spiro atoms. The molecular weight excluding hydrogens is 164 g/mol. The fourth-order valence-corrected chi connectivity index (χ4v) is 0.867. The van der Waals surface area contributed by atoms with E-state index in [9.17, 15) is 0 Å². The summed E-state index contributed by atoms with van der Waals surface area (Å²) in [5, 5.41) is 9.21. The highest BCUT2D eigenvalue weighted by Gasteiger charge is 2.01. The van der Waals surface area contributed by atoms with Crippen molar-refractivity contribution in [3.05, 3.63) is 36.2 Å². The van der Waals surface area contributed by atoms with E-state index in [4.69, 9.17) is 21.4 Å². The minimum Gasteiger partial charge on any atom is -0.464 e. The van der Waals surface area contributed by atoms with E-state index in [2.05, 4.69) is 6.92 Å². The minimum atomic E-state index is -1.07. The molecule has 1 aromatic carbocycles. The Bertz CT molecular complexity index is 235. The molecule has 3 heteroatoms. The van der Waals surface area contributed by atoms with Crippen LogP contribution in [-0.2, 0) is 0 Å². The molecule has 1 unspecified atom stereocenters. The number of halogens is 1. The molecule has 1 radical (unpaired) electrons. The third kappa shape index (κ3) is 2.41. The first-order valence-corrected chi connectivity index (χ1v) is 3.50. The van der Waals surface area contributed by atoms with Crippen LogP contribution in [0.2, 0.25) is 5.02 Å². The summed E-state index contributed by atoms with van der Waals surface area (Å²) in [5.41, 5.74) is 0. The average Bonchev–Trinajstić information content (AvgIpc) is 1.93. The monoisotopic (exact) mass is 171 g/mol. The summed E-state index contributed by atoms with van der Waals surface area (Å²) < 4.78 is 4.86. The molecule has 0 amide bonds. The van der Waals surface area contributed by atoms with E-state index < -0.39 is 6.29 Å². The first-order chi connectivity index (χ1) is 5.20. The molecule has 0 aliphatic carbocycles. The van der Waals surface area contributed by atoms with E-state index in [0.717, 1.165) is 0 Å². The maximum absolute atomic E-state index is 8.74. The van der Waals surface area contributed by atoms with Crippen LogP contribution in [0, 0.1) is 6.92 Å². The molecule has 0 fully saturated rings. The summed E-state index contributed by atoms with van der Waals surface area (Å²) in [4.78, 5) is 0. The molecule has 1 N–H and O–H groups in total. The zero-order valence-electron chi connectivity index (χ0n) is 5.83. The number of rotatable bonds is 2. The molecule has 0 aliphatic heterocycles. The molecule has 1 atom stereocenters. The van der Waals surface area contributed by atoms with E-state index >= 15 is 0 Å². The van der Waals surface area contributed by atoms with Gasteiger partial charge >= 0.3 is 0 Å². The van der Waals surface area contributed by atoms with E-state index in [1.165, 1.54) is 0 Å². The van der Waals surface area contributed by atoms with E-state index in [0.29, 0.717) is 10.8 Å². The van der Waals surface area contributed by atoms with Gasteiger partial charge in [-0.3, -0.25) is 0 Å². The molecule has 0 bridgehead atoms. The van der Waals surface area contributed by atoms with Gasteiger partial charge in [-0.1, -0.05) is 23.7 Å². The van der Waals surface area contributed by atoms with Gasteiger partial charge in [0, 0.05) is 6.92 Å². The first-order valence-electron chi connectivity index (χ1n) is 3.12. The van der Waals surface area contributed by atoms with Crippen LogP contribution in [0.4, 0.5) is 0 Å². The second-order valence-electron chi connectivity index (χ2n) is 2.00. The number of aliphatic hydroxyl groups is 1. The molecule has 0 aliphatic rings. The maximum Gasteiger partial charge on any atom is 0.197 e. The molecule has 11 heavy (non-hydrogen) atoms. The Kier molecular flexibility index (Phi) is 2.74. The van der Waals surface area contributed by atoms with Gasteiger partial charge in [-0.15, -0.1) is 0 Å². The van der Waals surface area contributed by atoms with Crippen LogP contribution < -0.4 is 4.74 Å². The Balaban J connectivity index is 2.78. The summed E-state index contributed by atoms with van der Waals surface area (Å²) in [7, 11) is 0. The summed E-state index contributed by atoms with van der Waals surface area (Å²) in [5.74, 6) is 0.441. The van der Waals surface area contributed by atoms with Gasteiger partial charge < -0.3 is 9.84 Å². The Hall–Kier alpha value is -0.730. The maximum atomic E-state index is 8.74. The largest absolute Gasteiger partial charge is 0.464 e. The number of para-hydroxylation sites is 1. The number of hydrogen-bond acceptors (Lipinski definition) is 2. The smallest absolute Gasteiger partial charge is 0.197 e. The van der Waals surface area contributed by atoms with Crippen LogP contribution in [0.25, 0.3) is 0 Å². The lowest BCUT2D eigenvalue weighted by atomic mass is 10.3. The van der Waals surface area contributed by atoms with Crippen molar-refractivity contribution in [2.75, 3.05) is 0 Å². The molecule has 2 nitrogen and oxygen atoms in total. The highest BCUT2D eigenvalue weighted by atomic mass is 35.5. The zero-order chi connectivity index (χ0) is 8.27. The topological polar surface area (TPSA) is 29.5 Å². The highest BCUT2D eigenvalue weighted by molar-refractivity contribution is 6.32. The SMILES string of the molecule is [CH2]C(O)Oc1ccccc1Cl. The van der Waals surface area contributed by atoms with Crippen LogP contribution in [0.3, 0.4) is 0 Å². The van der Waals surface area contributed by atoms with Crippen molar-refractivity contribution in [2.24, 2.45) is 0 Å². The lowest BCUT2D eigenvalue weighted by Crippen LogP contribution is -2.09. The molecule has 1 aromatic rings. The van der Waals surface area contributed by atoms with Gasteiger partial charge in [0.05, 0.1) is 5.02 Å². The summed E-state index contributed by atoms with van der Waals surface area (Å²) >= 11 is 5.70. The van der Waals surface area contributed by atoms with Crippen LogP contribution >= 0.6 is 11.6 Å². The fraction of sp³-hybridized carbons (Fsp3) is 0.125. The molecule has 1 rings (SSSR count). The van der Waals surface area contributed by atoms with Gasteiger partial charge in [-0.2, -0.15) is 0 Å². The van der Waals surface area contributed by atoms with Crippen molar-refractivity contribution < 1.29 is 9.84 Å². The Labute approximate surface area is 70.4 Å². The third-order valence-corrected chi connectivity index (χ3v) is 1.41. The van der Waals surface area contributed by atoms with Crippen LogP contribution in [0.15, 0.2) is 24.3 Å². The second-order valence-corrected chi connectivity index (χ2v) is 2.41. The molecule has 0 saturated carbocycles. The number of benzene rings is 1. The Morgan fingerprint density at radius 3 is 2.64 bits per heavy atom. The third-order valence-electron chi connectivity index (χ3n) is 1.10. The van der Waals surface area contributed by atoms with Crippen molar-refractivity contribution in [1.82, 2.24) is 0 Å². The Morgan fingerprint density at radius 1 is 1.45 bits per heavy atom. The number of ether oxygens (including phenoxy) is 1. The van der Waals surface area contributed by atoms with Crippen LogP contribution in [0.5, 0.6) is 5.75 Å². The van der Waals surface area contributed by atoms with Gasteiger partial charge in [0.15, 0.2) is 6.29 Å². The van der Waals surface area contributed by atoms with Crippen molar-refractivity contribution in [3.63, 3.8) is 0 Å². The zero-order valence-corrected chi connectivity index (χ0v) is 6.58. The molecule has 59 valence electrons. The van der Waals surface area contributed by atoms with Gasteiger partial charge in [-0.25, -0.2) is 0 Å². The van der Waals surface area contributed by atoms with E-state index in [1.807, 2.05) is 0 Å². The van der Waals surface area contributed by atoms with Gasteiger partial charge in [-0.05, 0) is 12.1 Å². The molecule has 0 saturated heterocycles. The van der Waals surface area contributed by atoms with Crippen LogP contribution in [-0.4, -0.2) is 11.4 Å². The quantitative estimate of drug-likeness (QED) is 0.689. The minimum absolute atomic E-state index is 0.441. The fourth-order valence-electron chi connectivity index (χ4n) is 0.687.